The predicted molar refractivity (Wildman–Crippen MR) is 119 cm³/mol. The van der Waals surface area contributed by atoms with Crippen LogP contribution < -0.4 is 10.0 Å². The van der Waals surface area contributed by atoms with Crippen LogP contribution in [0.15, 0.2) is 102 Å². The number of rotatable bonds is 9. The van der Waals surface area contributed by atoms with Crippen molar-refractivity contribution in [3.05, 3.63) is 114 Å². The maximum Gasteiger partial charge on any atom is 0.251 e. The van der Waals surface area contributed by atoms with Gasteiger partial charge in [0, 0.05) is 12.1 Å². The van der Waals surface area contributed by atoms with Gasteiger partial charge in [0.2, 0.25) is 10.0 Å². The number of sulfonamides is 1. The molecule has 0 aromatic heterocycles. The molecular formula is C24H24N2O3S. The average Bonchev–Trinajstić information content (AvgIpc) is 2.78. The standard InChI is InChI=1S/C24H24N2O3S/c1-2-16-25-24(27)21-14-9-15-22(18-21)30(28,29)26-23(20-12-7-4-8-13-20)17-19-10-5-3-6-11-19/h2-15,18,23,26H,1,16-17H2,(H,25,27). The molecule has 5 nitrogen and oxygen atoms in total. The summed E-state index contributed by atoms with van der Waals surface area (Å²) in [4.78, 5) is 12.2. The smallest absolute Gasteiger partial charge is 0.251 e. The van der Waals surface area contributed by atoms with Gasteiger partial charge in [0.15, 0.2) is 0 Å². The molecule has 0 aliphatic carbocycles. The molecule has 30 heavy (non-hydrogen) atoms. The maximum atomic E-state index is 13.1. The molecule has 1 unspecified atom stereocenters. The van der Waals surface area contributed by atoms with Gasteiger partial charge in [-0.2, -0.15) is 0 Å². The second-order valence-corrected chi connectivity index (χ2v) is 8.51. The van der Waals surface area contributed by atoms with Crippen molar-refractivity contribution in [1.29, 1.82) is 0 Å². The molecule has 0 aliphatic rings. The highest BCUT2D eigenvalue weighted by atomic mass is 32.2. The van der Waals surface area contributed by atoms with Gasteiger partial charge < -0.3 is 5.32 Å². The maximum absolute atomic E-state index is 13.1. The van der Waals surface area contributed by atoms with Crippen LogP contribution in [0.5, 0.6) is 0 Å². The lowest BCUT2D eigenvalue weighted by Crippen LogP contribution is -2.30. The number of hydrogen-bond donors (Lipinski definition) is 2. The Hall–Kier alpha value is -3.22. The van der Waals surface area contributed by atoms with Crippen molar-refractivity contribution < 1.29 is 13.2 Å². The first-order valence-corrected chi connectivity index (χ1v) is 11.1. The van der Waals surface area contributed by atoms with Crippen molar-refractivity contribution >= 4 is 15.9 Å². The second kappa shape index (κ2) is 10.0. The molecule has 3 aromatic carbocycles. The number of amides is 1. The quantitative estimate of drug-likeness (QED) is 0.516. The lowest BCUT2D eigenvalue weighted by Gasteiger charge is -2.20. The zero-order valence-electron chi connectivity index (χ0n) is 16.5. The molecule has 3 aromatic rings. The highest BCUT2D eigenvalue weighted by Crippen LogP contribution is 2.22. The van der Waals surface area contributed by atoms with Crippen molar-refractivity contribution in [2.24, 2.45) is 0 Å². The molecule has 0 spiro atoms. The Morgan fingerprint density at radius 1 is 0.933 bits per heavy atom. The molecule has 0 bridgehead atoms. The molecule has 0 aliphatic heterocycles. The average molecular weight is 421 g/mol. The molecule has 3 rings (SSSR count). The van der Waals surface area contributed by atoms with Crippen LogP contribution in [0.4, 0.5) is 0 Å². The van der Waals surface area contributed by atoms with E-state index in [2.05, 4.69) is 16.6 Å². The summed E-state index contributed by atoms with van der Waals surface area (Å²) >= 11 is 0. The molecule has 2 N–H and O–H groups in total. The van der Waals surface area contributed by atoms with Crippen molar-refractivity contribution in [2.75, 3.05) is 6.54 Å². The van der Waals surface area contributed by atoms with Gasteiger partial charge in [-0.05, 0) is 35.7 Å². The van der Waals surface area contributed by atoms with Gasteiger partial charge in [0.05, 0.1) is 10.9 Å². The van der Waals surface area contributed by atoms with Crippen LogP contribution in [0, 0.1) is 0 Å². The lowest BCUT2D eigenvalue weighted by atomic mass is 10.00. The summed E-state index contributed by atoms with van der Waals surface area (Å²) in [6, 6.07) is 24.7. The minimum Gasteiger partial charge on any atom is -0.349 e. The molecule has 0 fully saturated rings. The largest absolute Gasteiger partial charge is 0.349 e. The van der Waals surface area contributed by atoms with E-state index in [0.29, 0.717) is 13.0 Å². The topological polar surface area (TPSA) is 75.3 Å². The van der Waals surface area contributed by atoms with Crippen LogP contribution in [0.2, 0.25) is 0 Å². The van der Waals surface area contributed by atoms with Gasteiger partial charge in [-0.15, -0.1) is 6.58 Å². The molecule has 154 valence electrons. The van der Waals surface area contributed by atoms with Crippen LogP contribution in [-0.4, -0.2) is 20.9 Å². The number of nitrogens with one attached hydrogen (secondary N) is 2. The van der Waals surface area contributed by atoms with E-state index < -0.39 is 16.1 Å². The molecule has 0 radical (unpaired) electrons. The molecule has 6 heteroatoms. The normalized spacial score (nSPS) is 12.1. The Bertz CT molecular complexity index is 1100. The van der Waals surface area contributed by atoms with Gasteiger partial charge >= 0.3 is 0 Å². The first-order valence-electron chi connectivity index (χ1n) is 9.60. The fraction of sp³-hybridized carbons (Fsp3) is 0.125. The summed E-state index contributed by atoms with van der Waals surface area (Å²) in [5.41, 5.74) is 2.16. The summed E-state index contributed by atoms with van der Waals surface area (Å²) < 4.78 is 29.1. The summed E-state index contributed by atoms with van der Waals surface area (Å²) in [6.07, 6.45) is 2.07. The van der Waals surface area contributed by atoms with E-state index in [-0.39, 0.29) is 16.4 Å². The third-order valence-electron chi connectivity index (χ3n) is 4.60. The number of carbonyl (C=O) groups is 1. The molecule has 0 heterocycles. The monoisotopic (exact) mass is 420 g/mol. The van der Waals surface area contributed by atoms with Gasteiger partial charge in [0.25, 0.3) is 5.91 Å². The Labute approximate surface area is 177 Å². The summed E-state index contributed by atoms with van der Waals surface area (Å²) in [6.45, 7) is 3.87. The van der Waals surface area contributed by atoms with Crippen LogP contribution >= 0.6 is 0 Å². The van der Waals surface area contributed by atoms with Crippen molar-refractivity contribution in [2.45, 2.75) is 17.4 Å². The highest BCUT2D eigenvalue weighted by molar-refractivity contribution is 7.89. The van der Waals surface area contributed by atoms with E-state index >= 15 is 0 Å². The van der Waals surface area contributed by atoms with E-state index in [1.807, 2.05) is 60.7 Å². The molecular weight excluding hydrogens is 396 g/mol. The predicted octanol–water partition coefficient (Wildman–Crippen LogP) is 3.86. The summed E-state index contributed by atoms with van der Waals surface area (Å²) in [5.74, 6) is -0.351. The Morgan fingerprint density at radius 3 is 2.27 bits per heavy atom. The third kappa shape index (κ3) is 5.65. The zero-order valence-corrected chi connectivity index (χ0v) is 17.3. The fourth-order valence-corrected chi connectivity index (χ4v) is 4.36. The van der Waals surface area contributed by atoms with Crippen molar-refractivity contribution in [3.8, 4) is 0 Å². The van der Waals surface area contributed by atoms with Crippen molar-refractivity contribution in [1.82, 2.24) is 10.0 Å². The van der Waals surface area contributed by atoms with Crippen LogP contribution in [0.1, 0.15) is 27.5 Å². The fourth-order valence-electron chi connectivity index (χ4n) is 3.09. The Morgan fingerprint density at radius 2 is 1.60 bits per heavy atom. The molecule has 0 saturated carbocycles. The van der Waals surface area contributed by atoms with E-state index in [0.717, 1.165) is 11.1 Å². The number of carbonyl (C=O) groups excluding carboxylic acids is 1. The molecule has 0 saturated heterocycles. The summed E-state index contributed by atoms with van der Waals surface area (Å²) in [7, 11) is -3.85. The third-order valence-corrected chi connectivity index (χ3v) is 6.06. The van der Waals surface area contributed by atoms with Crippen LogP contribution in [0.3, 0.4) is 0 Å². The molecule has 1 atom stereocenters. The lowest BCUT2D eigenvalue weighted by molar-refractivity contribution is 0.0958. The van der Waals surface area contributed by atoms with E-state index in [1.54, 1.807) is 18.2 Å². The van der Waals surface area contributed by atoms with E-state index in [1.165, 1.54) is 12.1 Å². The van der Waals surface area contributed by atoms with E-state index in [9.17, 15) is 13.2 Å². The van der Waals surface area contributed by atoms with Crippen LogP contribution in [-0.2, 0) is 16.4 Å². The molecule has 1 amide bonds. The van der Waals surface area contributed by atoms with Gasteiger partial charge in [-0.3, -0.25) is 4.79 Å². The summed E-state index contributed by atoms with van der Waals surface area (Å²) in [5, 5.41) is 2.65. The zero-order chi connectivity index (χ0) is 21.4. The van der Waals surface area contributed by atoms with Gasteiger partial charge in [0.1, 0.15) is 0 Å². The first kappa shape index (κ1) is 21.5. The highest BCUT2D eigenvalue weighted by Gasteiger charge is 2.22. The van der Waals surface area contributed by atoms with Crippen LogP contribution in [0.25, 0.3) is 0 Å². The second-order valence-electron chi connectivity index (χ2n) is 6.80. The Kier molecular flexibility index (Phi) is 7.17. The number of hydrogen-bond acceptors (Lipinski definition) is 3. The van der Waals surface area contributed by atoms with Gasteiger partial charge in [-0.1, -0.05) is 72.8 Å². The first-order chi connectivity index (χ1) is 14.5. The van der Waals surface area contributed by atoms with Crippen molar-refractivity contribution in [3.63, 3.8) is 0 Å². The SMILES string of the molecule is C=CCNC(=O)c1cccc(S(=O)(=O)NC(Cc2ccccc2)c2ccccc2)c1. The van der Waals surface area contributed by atoms with E-state index in [4.69, 9.17) is 0 Å². The Balaban J connectivity index is 1.88. The minimum atomic E-state index is -3.85. The number of benzene rings is 3. The minimum absolute atomic E-state index is 0.0442. The van der Waals surface area contributed by atoms with Gasteiger partial charge in [-0.25, -0.2) is 13.1 Å².